The Kier molecular flexibility index (Phi) is 5.65. The number of carbonyl (C=O) groups excluding carboxylic acids is 1. The SMILES string of the molecule is CCCC1NC(c2cccc(Cl)c2)N(C(C)CCC)C1=O. The van der Waals surface area contributed by atoms with Gasteiger partial charge in [-0.15, -0.1) is 0 Å². The molecule has 1 aromatic carbocycles. The van der Waals surface area contributed by atoms with E-state index in [0.717, 1.165) is 31.2 Å². The summed E-state index contributed by atoms with van der Waals surface area (Å²) in [6.07, 6.45) is 3.91. The molecule has 1 fully saturated rings. The number of amides is 1. The van der Waals surface area contributed by atoms with E-state index >= 15 is 0 Å². The largest absolute Gasteiger partial charge is 0.319 e. The maximum atomic E-state index is 12.7. The van der Waals surface area contributed by atoms with Crippen molar-refractivity contribution >= 4 is 17.5 Å². The molecular weight excluding hydrogens is 284 g/mol. The molecule has 21 heavy (non-hydrogen) atoms. The first-order valence-electron chi connectivity index (χ1n) is 7.92. The number of benzene rings is 1. The minimum atomic E-state index is -0.0710. The lowest BCUT2D eigenvalue weighted by Gasteiger charge is -2.30. The van der Waals surface area contributed by atoms with Crippen LogP contribution in [0.2, 0.25) is 5.02 Å². The molecule has 0 aromatic heterocycles. The molecule has 3 unspecified atom stereocenters. The fraction of sp³-hybridized carbons (Fsp3) is 0.588. The van der Waals surface area contributed by atoms with Crippen LogP contribution in [0.4, 0.5) is 0 Å². The lowest BCUT2D eigenvalue weighted by molar-refractivity contribution is -0.132. The Morgan fingerprint density at radius 1 is 1.33 bits per heavy atom. The highest BCUT2D eigenvalue weighted by atomic mass is 35.5. The number of hydrogen-bond acceptors (Lipinski definition) is 2. The van der Waals surface area contributed by atoms with E-state index in [0.29, 0.717) is 5.02 Å². The van der Waals surface area contributed by atoms with E-state index in [2.05, 4.69) is 26.1 Å². The van der Waals surface area contributed by atoms with Crippen LogP contribution in [-0.4, -0.2) is 22.9 Å². The summed E-state index contributed by atoms with van der Waals surface area (Å²) < 4.78 is 0. The number of rotatable bonds is 6. The second-order valence-electron chi connectivity index (χ2n) is 5.85. The van der Waals surface area contributed by atoms with Crippen LogP contribution < -0.4 is 5.32 Å². The minimum absolute atomic E-state index is 0.0608. The van der Waals surface area contributed by atoms with Crippen molar-refractivity contribution in [3.8, 4) is 0 Å². The predicted molar refractivity (Wildman–Crippen MR) is 87.2 cm³/mol. The smallest absolute Gasteiger partial charge is 0.241 e. The molecule has 1 heterocycles. The zero-order valence-electron chi connectivity index (χ0n) is 13.1. The van der Waals surface area contributed by atoms with E-state index in [1.807, 2.05) is 29.2 Å². The van der Waals surface area contributed by atoms with Crippen LogP contribution in [0.5, 0.6) is 0 Å². The maximum Gasteiger partial charge on any atom is 0.241 e. The Labute approximate surface area is 132 Å². The molecule has 116 valence electrons. The zero-order valence-corrected chi connectivity index (χ0v) is 13.9. The van der Waals surface area contributed by atoms with Crippen molar-refractivity contribution in [2.45, 2.75) is 64.7 Å². The van der Waals surface area contributed by atoms with E-state index in [4.69, 9.17) is 11.6 Å². The highest BCUT2D eigenvalue weighted by Crippen LogP contribution is 2.31. The van der Waals surface area contributed by atoms with Crippen LogP contribution in [0.25, 0.3) is 0 Å². The van der Waals surface area contributed by atoms with Crippen LogP contribution in [-0.2, 0) is 4.79 Å². The summed E-state index contributed by atoms with van der Waals surface area (Å²) in [7, 11) is 0. The predicted octanol–water partition coefficient (Wildman–Crippen LogP) is 4.13. The first-order valence-corrected chi connectivity index (χ1v) is 8.30. The molecule has 0 saturated carbocycles. The van der Waals surface area contributed by atoms with Crippen molar-refractivity contribution in [1.29, 1.82) is 0 Å². The molecule has 3 nitrogen and oxygen atoms in total. The number of halogens is 1. The summed E-state index contributed by atoms with van der Waals surface area (Å²) in [5.74, 6) is 0.225. The van der Waals surface area contributed by atoms with Gasteiger partial charge in [0.2, 0.25) is 5.91 Å². The number of nitrogens with zero attached hydrogens (tertiary/aromatic N) is 1. The standard InChI is InChI=1S/C17H25ClN2O/c1-4-7-12(3)20-16(13-9-6-10-14(18)11-13)19-15(8-5-2)17(20)21/h6,9-12,15-16,19H,4-5,7-8H2,1-3H3. The normalized spacial score (nSPS) is 23.6. The average Bonchev–Trinajstić information content (AvgIpc) is 2.77. The summed E-state index contributed by atoms with van der Waals surface area (Å²) in [5, 5.41) is 4.20. The number of nitrogens with one attached hydrogen (secondary N) is 1. The minimum Gasteiger partial charge on any atom is -0.319 e. The van der Waals surface area contributed by atoms with Gasteiger partial charge >= 0.3 is 0 Å². The summed E-state index contributed by atoms with van der Waals surface area (Å²) >= 11 is 6.11. The Balaban J connectivity index is 2.29. The van der Waals surface area contributed by atoms with Gasteiger partial charge < -0.3 is 4.90 Å². The summed E-state index contributed by atoms with van der Waals surface area (Å²) in [6, 6.07) is 7.97. The van der Waals surface area contributed by atoms with Gasteiger partial charge in [0.25, 0.3) is 0 Å². The van der Waals surface area contributed by atoms with Gasteiger partial charge in [-0.05, 0) is 37.5 Å². The maximum absolute atomic E-state index is 12.7. The third-order valence-corrected chi connectivity index (χ3v) is 4.35. The molecule has 0 bridgehead atoms. The van der Waals surface area contributed by atoms with E-state index < -0.39 is 0 Å². The summed E-state index contributed by atoms with van der Waals surface area (Å²) in [4.78, 5) is 14.7. The average molecular weight is 309 g/mol. The van der Waals surface area contributed by atoms with Crippen LogP contribution >= 0.6 is 11.6 Å². The van der Waals surface area contributed by atoms with Crippen molar-refractivity contribution in [2.24, 2.45) is 0 Å². The molecular formula is C17H25ClN2O. The molecule has 4 heteroatoms. The topological polar surface area (TPSA) is 32.3 Å². The van der Waals surface area contributed by atoms with Crippen LogP contribution in [0.3, 0.4) is 0 Å². The molecule has 3 atom stereocenters. The first kappa shape index (κ1) is 16.3. The van der Waals surface area contributed by atoms with Crippen LogP contribution in [0.1, 0.15) is 58.2 Å². The van der Waals surface area contributed by atoms with Crippen molar-refractivity contribution < 1.29 is 4.79 Å². The van der Waals surface area contributed by atoms with Crippen molar-refractivity contribution in [3.05, 3.63) is 34.9 Å². The Morgan fingerprint density at radius 3 is 2.71 bits per heavy atom. The van der Waals surface area contributed by atoms with Gasteiger partial charge in [-0.1, -0.05) is 50.4 Å². The van der Waals surface area contributed by atoms with E-state index in [9.17, 15) is 4.79 Å². The third-order valence-electron chi connectivity index (χ3n) is 4.11. The molecule has 1 aromatic rings. The molecule has 1 N–H and O–H groups in total. The Hall–Kier alpha value is -1.06. The molecule has 0 aliphatic carbocycles. The first-order chi connectivity index (χ1) is 10.1. The molecule has 2 rings (SSSR count). The van der Waals surface area contributed by atoms with Gasteiger partial charge in [0.05, 0.1) is 6.04 Å². The molecule has 1 aliphatic heterocycles. The molecule has 1 aliphatic rings. The van der Waals surface area contributed by atoms with Crippen LogP contribution in [0, 0.1) is 0 Å². The summed E-state index contributed by atoms with van der Waals surface area (Å²) in [5.41, 5.74) is 1.07. The van der Waals surface area contributed by atoms with E-state index in [1.54, 1.807) is 0 Å². The van der Waals surface area contributed by atoms with E-state index in [-0.39, 0.29) is 24.2 Å². The fourth-order valence-corrected chi connectivity index (χ4v) is 3.31. The van der Waals surface area contributed by atoms with Crippen LogP contribution in [0.15, 0.2) is 24.3 Å². The van der Waals surface area contributed by atoms with Gasteiger partial charge in [-0.2, -0.15) is 0 Å². The van der Waals surface area contributed by atoms with Crippen molar-refractivity contribution in [2.75, 3.05) is 0 Å². The Morgan fingerprint density at radius 2 is 2.10 bits per heavy atom. The molecule has 1 saturated heterocycles. The van der Waals surface area contributed by atoms with Gasteiger partial charge in [0, 0.05) is 11.1 Å². The molecule has 1 amide bonds. The van der Waals surface area contributed by atoms with Crippen molar-refractivity contribution in [1.82, 2.24) is 10.2 Å². The van der Waals surface area contributed by atoms with Crippen molar-refractivity contribution in [3.63, 3.8) is 0 Å². The lowest BCUT2D eigenvalue weighted by Crippen LogP contribution is -2.38. The second-order valence-corrected chi connectivity index (χ2v) is 6.29. The van der Waals surface area contributed by atoms with Gasteiger partial charge in [-0.25, -0.2) is 0 Å². The zero-order chi connectivity index (χ0) is 15.4. The lowest BCUT2D eigenvalue weighted by atomic mass is 10.1. The van der Waals surface area contributed by atoms with Gasteiger partial charge in [-0.3, -0.25) is 10.1 Å². The van der Waals surface area contributed by atoms with Gasteiger partial charge in [0.1, 0.15) is 6.17 Å². The number of hydrogen-bond donors (Lipinski definition) is 1. The molecule has 0 radical (unpaired) electrons. The second kappa shape index (κ2) is 7.28. The Bertz CT molecular complexity index is 491. The van der Waals surface area contributed by atoms with Gasteiger partial charge in [0.15, 0.2) is 0 Å². The highest BCUT2D eigenvalue weighted by molar-refractivity contribution is 6.30. The highest BCUT2D eigenvalue weighted by Gasteiger charge is 2.41. The quantitative estimate of drug-likeness (QED) is 0.857. The summed E-state index contributed by atoms with van der Waals surface area (Å²) in [6.45, 7) is 6.40. The third kappa shape index (κ3) is 3.58. The number of carbonyl (C=O) groups is 1. The monoisotopic (exact) mass is 308 g/mol. The van der Waals surface area contributed by atoms with E-state index in [1.165, 1.54) is 0 Å². The fourth-order valence-electron chi connectivity index (χ4n) is 3.11. The molecule has 0 spiro atoms.